The Morgan fingerprint density at radius 3 is 2.41 bits per heavy atom. The predicted molar refractivity (Wildman–Crippen MR) is 141 cm³/mol. The molecule has 4 rings (SSSR count). The molecule has 2 aromatic heterocycles. The summed E-state index contributed by atoms with van der Waals surface area (Å²) < 4.78 is 0.836. The molecule has 0 aliphatic heterocycles. The Morgan fingerprint density at radius 2 is 1.70 bits per heavy atom. The van der Waals surface area contributed by atoms with Gasteiger partial charge in [0.2, 0.25) is 11.8 Å². The van der Waals surface area contributed by atoms with Crippen LogP contribution in [0.3, 0.4) is 0 Å². The van der Waals surface area contributed by atoms with Crippen LogP contribution in [-0.2, 0) is 20.8 Å². The molecule has 0 saturated carbocycles. The van der Waals surface area contributed by atoms with Crippen LogP contribution in [0.15, 0.2) is 64.3 Å². The maximum atomic E-state index is 13.5. The van der Waals surface area contributed by atoms with E-state index in [1.54, 1.807) is 30.5 Å². The summed E-state index contributed by atoms with van der Waals surface area (Å²) in [5.74, 6) is -2.21. The number of nitrogens with one attached hydrogen (secondary N) is 4. The van der Waals surface area contributed by atoms with E-state index in [0.717, 1.165) is 27.2 Å². The molecule has 11 nitrogen and oxygen atoms in total. The number of thioether (sulfide) groups is 1. The lowest BCUT2D eigenvalue weighted by Crippen LogP contribution is -2.50. The van der Waals surface area contributed by atoms with Crippen molar-refractivity contribution >= 4 is 51.4 Å². The molecule has 0 bridgehead atoms. The number of para-hydroxylation sites is 2. The third-order valence-corrected chi connectivity index (χ3v) is 6.78. The first-order valence-electron chi connectivity index (χ1n) is 11.4. The number of carbonyl (C=O) groups excluding carboxylic acids is 2. The number of nitrogens with zero attached hydrogens (tertiary/aromatic N) is 1. The summed E-state index contributed by atoms with van der Waals surface area (Å²) in [6, 6.07) is 11.2. The first-order chi connectivity index (χ1) is 17.8. The van der Waals surface area contributed by atoms with Crippen LogP contribution in [0.25, 0.3) is 21.8 Å². The van der Waals surface area contributed by atoms with Gasteiger partial charge in [-0.25, -0.2) is 14.2 Å². The number of aromatic amines is 2. The molecular weight excluding hydrogens is 498 g/mol. The fourth-order valence-electron chi connectivity index (χ4n) is 4.04. The highest BCUT2D eigenvalue weighted by molar-refractivity contribution is 7.99. The Labute approximate surface area is 214 Å². The number of fused-ring (bicyclic) bond motifs is 2. The van der Waals surface area contributed by atoms with Crippen LogP contribution in [0.5, 0.6) is 0 Å². The molecule has 0 aliphatic carbocycles. The van der Waals surface area contributed by atoms with E-state index in [9.17, 15) is 29.1 Å². The molecule has 37 heavy (non-hydrogen) atoms. The largest absolute Gasteiger partial charge is 0.480 e. The van der Waals surface area contributed by atoms with Gasteiger partial charge in [0.15, 0.2) is 0 Å². The van der Waals surface area contributed by atoms with Crippen LogP contribution >= 0.6 is 11.8 Å². The van der Waals surface area contributed by atoms with E-state index in [0.29, 0.717) is 11.1 Å². The number of rotatable bonds is 10. The van der Waals surface area contributed by atoms with E-state index < -0.39 is 35.2 Å². The summed E-state index contributed by atoms with van der Waals surface area (Å²) in [6.07, 6.45) is 1.66. The van der Waals surface area contributed by atoms with Gasteiger partial charge in [-0.2, -0.15) is 0 Å². The first kappa shape index (κ1) is 25.8. The SMILES string of the molecule is CC(=O)NCSCC(NC(=O)C(Cc1c[nH]c2ccccc12)n1c(=O)[nH]c2ccccc2c1=O)C(=O)O. The second kappa shape index (κ2) is 11.2. The molecule has 2 atom stereocenters. The van der Waals surface area contributed by atoms with Crippen LogP contribution in [0.2, 0.25) is 0 Å². The molecule has 2 aromatic carbocycles. The van der Waals surface area contributed by atoms with Gasteiger partial charge in [-0.1, -0.05) is 30.3 Å². The van der Waals surface area contributed by atoms with Crippen LogP contribution in [0.1, 0.15) is 18.5 Å². The van der Waals surface area contributed by atoms with Crippen molar-refractivity contribution < 1.29 is 19.5 Å². The van der Waals surface area contributed by atoms with Gasteiger partial charge in [0.05, 0.1) is 16.8 Å². The Morgan fingerprint density at radius 1 is 1.03 bits per heavy atom. The molecule has 0 aliphatic rings. The van der Waals surface area contributed by atoms with Gasteiger partial charge in [0.1, 0.15) is 12.1 Å². The highest BCUT2D eigenvalue weighted by Gasteiger charge is 2.30. The van der Waals surface area contributed by atoms with Gasteiger partial charge < -0.3 is 25.7 Å². The molecule has 0 fully saturated rings. The number of benzene rings is 2. The Hall–Kier alpha value is -4.32. The van der Waals surface area contributed by atoms with Gasteiger partial charge in [0.25, 0.3) is 5.56 Å². The lowest BCUT2D eigenvalue weighted by molar-refractivity contribution is -0.141. The second-order valence-corrected chi connectivity index (χ2v) is 9.41. The number of H-pyrrole nitrogens is 2. The number of carboxylic acid groups (broad SMARTS) is 1. The number of hydrogen-bond acceptors (Lipinski definition) is 6. The third kappa shape index (κ3) is 5.75. The third-order valence-electron chi connectivity index (χ3n) is 5.86. The normalized spacial score (nSPS) is 12.8. The molecule has 2 amide bonds. The number of carboxylic acids is 1. The molecule has 5 N–H and O–H groups in total. The fourth-order valence-corrected chi connectivity index (χ4v) is 4.93. The molecule has 12 heteroatoms. The lowest BCUT2D eigenvalue weighted by atomic mass is 10.0. The molecule has 2 heterocycles. The zero-order chi connectivity index (χ0) is 26.5. The molecule has 0 radical (unpaired) electrons. The van der Waals surface area contributed by atoms with E-state index in [1.165, 1.54) is 6.92 Å². The monoisotopic (exact) mass is 523 g/mol. The average Bonchev–Trinajstić information content (AvgIpc) is 3.27. The van der Waals surface area contributed by atoms with Crippen molar-refractivity contribution in [1.29, 1.82) is 0 Å². The predicted octanol–water partition coefficient (Wildman–Crippen LogP) is 1.35. The van der Waals surface area contributed by atoms with Crippen molar-refractivity contribution in [3.05, 3.63) is 81.1 Å². The summed E-state index contributed by atoms with van der Waals surface area (Å²) in [4.78, 5) is 68.6. The van der Waals surface area contributed by atoms with E-state index in [2.05, 4.69) is 20.6 Å². The van der Waals surface area contributed by atoms with E-state index in [4.69, 9.17) is 0 Å². The van der Waals surface area contributed by atoms with Crippen molar-refractivity contribution in [2.45, 2.75) is 25.4 Å². The number of aliphatic carboxylic acids is 1. The van der Waals surface area contributed by atoms with Crippen molar-refractivity contribution in [3.63, 3.8) is 0 Å². The summed E-state index contributed by atoms with van der Waals surface area (Å²) in [5, 5.41) is 15.7. The van der Waals surface area contributed by atoms with Gasteiger partial charge in [-0.3, -0.25) is 14.4 Å². The van der Waals surface area contributed by atoms with Gasteiger partial charge >= 0.3 is 11.7 Å². The lowest BCUT2D eigenvalue weighted by Gasteiger charge is -2.22. The highest BCUT2D eigenvalue weighted by atomic mass is 32.2. The Balaban J connectivity index is 1.71. The number of hydrogen-bond donors (Lipinski definition) is 5. The number of aromatic nitrogens is 3. The van der Waals surface area contributed by atoms with E-state index in [1.807, 2.05) is 24.3 Å². The molecule has 0 saturated heterocycles. The van der Waals surface area contributed by atoms with Crippen LogP contribution in [-0.4, -0.2) is 55.1 Å². The summed E-state index contributed by atoms with van der Waals surface area (Å²) in [6.45, 7) is 1.34. The smallest absolute Gasteiger partial charge is 0.329 e. The summed E-state index contributed by atoms with van der Waals surface area (Å²) in [7, 11) is 0. The van der Waals surface area contributed by atoms with Crippen molar-refractivity contribution in [2.24, 2.45) is 0 Å². The van der Waals surface area contributed by atoms with Crippen molar-refractivity contribution in [3.8, 4) is 0 Å². The quantitative estimate of drug-likeness (QED) is 0.155. The Kier molecular flexibility index (Phi) is 7.77. The minimum absolute atomic E-state index is 0.0376. The van der Waals surface area contributed by atoms with Gasteiger partial charge in [-0.05, 0) is 23.8 Å². The standard InChI is InChI=1S/C25H25N5O6S/c1-14(31)27-13-37-12-20(24(34)35)28-22(32)21(10-15-11-26-18-8-4-2-6-16(15)18)30-23(33)17-7-3-5-9-19(17)29-25(30)36/h2-9,11,20-21,26H,10,12-13H2,1H3,(H,27,31)(H,28,32)(H,29,36)(H,34,35). The molecular formula is C25H25N5O6S. The molecule has 4 aromatic rings. The number of carbonyl (C=O) groups is 3. The van der Waals surface area contributed by atoms with Crippen molar-refractivity contribution in [1.82, 2.24) is 25.2 Å². The zero-order valence-corrected chi connectivity index (χ0v) is 20.6. The topological polar surface area (TPSA) is 166 Å². The maximum Gasteiger partial charge on any atom is 0.329 e. The minimum Gasteiger partial charge on any atom is -0.480 e. The van der Waals surface area contributed by atoms with Crippen molar-refractivity contribution in [2.75, 3.05) is 11.6 Å². The molecule has 2 unspecified atom stereocenters. The second-order valence-electron chi connectivity index (χ2n) is 8.38. The average molecular weight is 524 g/mol. The van der Waals surface area contributed by atoms with Crippen LogP contribution in [0, 0.1) is 0 Å². The minimum atomic E-state index is -1.33. The number of amides is 2. The van der Waals surface area contributed by atoms with Gasteiger partial charge in [-0.15, -0.1) is 11.8 Å². The Bertz CT molecular complexity index is 1590. The van der Waals surface area contributed by atoms with Crippen LogP contribution < -0.4 is 21.9 Å². The van der Waals surface area contributed by atoms with Gasteiger partial charge in [0, 0.05) is 36.2 Å². The van der Waals surface area contributed by atoms with E-state index in [-0.39, 0.29) is 29.3 Å². The van der Waals surface area contributed by atoms with E-state index >= 15 is 0 Å². The first-order valence-corrected chi connectivity index (χ1v) is 12.6. The molecule has 192 valence electrons. The van der Waals surface area contributed by atoms with Crippen LogP contribution in [0.4, 0.5) is 0 Å². The zero-order valence-electron chi connectivity index (χ0n) is 19.8. The highest BCUT2D eigenvalue weighted by Crippen LogP contribution is 2.22. The summed E-state index contributed by atoms with van der Waals surface area (Å²) in [5.41, 5.74) is 0.385. The fraction of sp³-hybridized carbons (Fsp3) is 0.240. The maximum absolute atomic E-state index is 13.5. The summed E-state index contributed by atoms with van der Waals surface area (Å²) >= 11 is 1.11. The molecule has 0 spiro atoms.